The van der Waals surface area contributed by atoms with Crippen molar-refractivity contribution < 1.29 is 13.2 Å². The molecule has 0 unspecified atom stereocenters. The summed E-state index contributed by atoms with van der Waals surface area (Å²) in [6.45, 7) is 5.08. The van der Waals surface area contributed by atoms with Gasteiger partial charge in [0.05, 0.1) is 10.4 Å². The fourth-order valence-electron chi connectivity index (χ4n) is 1.39. The second-order valence-corrected chi connectivity index (χ2v) is 6.38. The first-order valence-corrected chi connectivity index (χ1v) is 7.26. The molecular formula is C12H19N3O3S. The predicted octanol–water partition coefficient (Wildman–Crippen LogP) is 0.579. The lowest BCUT2D eigenvalue weighted by molar-refractivity contribution is -0.121. The molecule has 19 heavy (non-hydrogen) atoms. The largest absolute Gasteiger partial charge is 0.324 e. The Kier molecular flexibility index (Phi) is 4.34. The summed E-state index contributed by atoms with van der Waals surface area (Å²) in [5.74, 6) is -0.265. The van der Waals surface area contributed by atoms with Gasteiger partial charge in [-0.15, -0.1) is 0 Å². The summed E-state index contributed by atoms with van der Waals surface area (Å²) in [6.07, 6.45) is 0. The molecule has 1 aromatic rings. The number of likely N-dealkylation sites (N-methyl/N-ethyl adjacent to an activating group) is 1. The smallest absolute Gasteiger partial charge is 0.244 e. The zero-order chi connectivity index (χ0) is 14.8. The minimum Gasteiger partial charge on any atom is -0.324 e. The molecule has 0 heterocycles. The van der Waals surface area contributed by atoms with Gasteiger partial charge in [-0.1, -0.05) is 6.07 Å². The highest BCUT2D eigenvalue weighted by atomic mass is 32.2. The average Bonchev–Trinajstić information content (AvgIpc) is 2.30. The van der Waals surface area contributed by atoms with Crippen molar-refractivity contribution in [2.24, 2.45) is 5.14 Å². The number of rotatable bonds is 4. The van der Waals surface area contributed by atoms with Crippen molar-refractivity contribution in [2.75, 3.05) is 12.4 Å². The number of carbonyl (C=O) groups is 1. The van der Waals surface area contributed by atoms with E-state index in [0.29, 0.717) is 11.3 Å². The van der Waals surface area contributed by atoms with E-state index in [9.17, 15) is 13.2 Å². The van der Waals surface area contributed by atoms with Crippen LogP contribution in [0.2, 0.25) is 0 Å². The van der Waals surface area contributed by atoms with Gasteiger partial charge in [0.25, 0.3) is 0 Å². The molecule has 0 spiro atoms. The maximum absolute atomic E-state index is 12.0. The number of hydrogen-bond donors (Lipinski definition) is 3. The third-order valence-corrected chi connectivity index (χ3v) is 4.00. The molecule has 4 N–H and O–H groups in total. The molecule has 1 aromatic carbocycles. The molecule has 0 saturated carbocycles. The molecule has 0 bridgehead atoms. The Morgan fingerprint density at radius 2 is 1.89 bits per heavy atom. The molecule has 0 aromatic heterocycles. The van der Waals surface area contributed by atoms with Gasteiger partial charge in [-0.05, 0) is 45.5 Å². The van der Waals surface area contributed by atoms with Gasteiger partial charge in [0.1, 0.15) is 0 Å². The third-order valence-electron chi connectivity index (χ3n) is 2.95. The van der Waals surface area contributed by atoms with Crippen molar-refractivity contribution in [1.82, 2.24) is 5.32 Å². The van der Waals surface area contributed by atoms with Crippen LogP contribution < -0.4 is 15.8 Å². The van der Waals surface area contributed by atoms with Crippen LogP contribution in [0.3, 0.4) is 0 Å². The second kappa shape index (κ2) is 5.28. The standard InChI is InChI=1S/C12H19N3O3S/c1-8-5-6-9(7-10(8)19(13,17)18)15-11(16)12(2,3)14-4/h5-7,14H,1-4H3,(H,15,16)(H2,13,17,18). The fraction of sp³-hybridized carbons (Fsp3) is 0.417. The van der Waals surface area contributed by atoms with Crippen molar-refractivity contribution in [3.05, 3.63) is 23.8 Å². The molecule has 1 rings (SSSR count). The zero-order valence-electron chi connectivity index (χ0n) is 11.4. The summed E-state index contributed by atoms with van der Waals surface area (Å²) < 4.78 is 22.8. The normalized spacial score (nSPS) is 12.3. The Labute approximate surface area is 113 Å². The van der Waals surface area contributed by atoms with E-state index in [0.717, 1.165) is 0 Å². The van der Waals surface area contributed by atoms with E-state index >= 15 is 0 Å². The van der Waals surface area contributed by atoms with Crippen LogP contribution in [-0.2, 0) is 14.8 Å². The average molecular weight is 285 g/mol. The van der Waals surface area contributed by atoms with Crippen LogP contribution in [-0.4, -0.2) is 26.9 Å². The number of aryl methyl sites for hydroxylation is 1. The van der Waals surface area contributed by atoms with E-state index in [4.69, 9.17) is 5.14 Å². The third kappa shape index (κ3) is 3.76. The van der Waals surface area contributed by atoms with Gasteiger partial charge in [-0.2, -0.15) is 0 Å². The van der Waals surface area contributed by atoms with Crippen molar-refractivity contribution in [2.45, 2.75) is 31.2 Å². The maximum Gasteiger partial charge on any atom is 0.244 e. The van der Waals surface area contributed by atoms with Crippen LogP contribution in [0.5, 0.6) is 0 Å². The Morgan fingerprint density at radius 3 is 2.37 bits per heavy atom. The maximum atomic E-state index is 12.0. The van der Waals surface area contributed by atoms with Gasteiger partial charge < -0.3 is 10.6 Å². The molecule has 0 aliphatic carbocycles. The minimum absolute atomic E-state index is 0.00700. The molecular weight excluding hydrogens is 266 g/mol. The number of nitrogens with one attached hydrogen (secondary N) is 2. The van der Waals surface area contributed by atoms with Gasteiger partial charge in [0, 0.05) is 5.69 Å². The first-order chi connectivity index (χ1) is 8.58. The van der Waals surface area contributed by atoms with Gasteiger partial charge in [0.2, 0.25) is 15.9 Å². The summed E-state index contributed by atoms with van der Waals surface area (Å²) in [5.41, 5.74) is 0.170. The van der Waals surface area contributed by atoms with Crippen LogP contribution in [0.1, 0.15) is 19.4 Å². The SMILES string of the molecule is CNC(C)(C)C(=O)Nc1ccc(C)c(S(N)(=O)=O)c1. The van der Waals surface area contributed by atoms with E-state index in [1.54, 1.807) is 40.0 Å². The quantitative estimate of drug-likeness (QED) is 0.753. The van der Waals surface area contributed by atoms with Crippen LogP contribution in [0.15, 0.2) is 23.1 Å². The number of carbonyl (C=O) groups excluding carboxylic acids is 1. The van der Waals surface area contributed by atoms with Crippen molar-refractivity contribution in [1.29, 1.82) is 0 Å². The summed E-state index contributed by atoms with van der Waals surface area (Å²) in [5, 5.41) is 10.6. The molecule has 0 aliphatic rings. The molecule has 0 radical (unpaired) electrons. The monoisotopic (exact) mass is 285 g/mol. The first kappa shape index (κ1) is 15.6. The summed E-state index contributed by atoms with van der Waals surface area (Å²) >= 11 is 0. The number of benzene rings is 1. The molecule has 6 nitrogen and oxygen atoms in total. The molecule has 0 atom stereocenters. The zero-order valence-corrected chi connectivity index (χ0v) is 12.3. The number of hydrogen-bond acceptors (Lipinski definition) is 4. The van der Waals surface area contributed by atoms with Gasteiger partial charge >= 0.3 is 0 Å². The van der Waals surface area contributed by atoms with Crippen molar-refractivity contribution >= 4 is 21.6 Å². The highest BCUT2D eigenvalue weighted by molar-refractivity contribution is 7.89. The molecule has 106 valence electrons. The van der Waals surface area contributed by atoms with Crippen molar-refractivity contribution in [3.8, 4) is 0 Å². The van der Waals surface area contributed by atoms with E-state index in [1.807, 2.05) is 0 Å². The molecule has 7 heteroatoms. The van der Waals surface area contributed by atoms with Crippen LogP contribution >= 0.6 is 0 Å². The lowest BCUT2D eigenvalue weighted by Gasteiger charge is -2.23. The summed E-state index contributed by atoms with van der Waals surface area (Å²) in [4.78, 5) is 12.0. The molecule has 0 aliphatic heterocycles. The lowest BCUT2D eigenvalue weighted by Crippen LogP contribution is -2.47. The predicted molar refractivity (Wildman–Crippen MR) is 74.3 cm³/mol. The van der Waals surface area contributed by atoms with Crippen LogP contribution in [0, 0.1) is 6.92 Å². The number of nitrogens with two attached hydrogens (primary N) is 1. The highest BCUT2D eigenvalue weighted by Crippen LogP contribution is 2.19. The Balaban J connectivity index is 3.09. The Hall–Kier alpha value is -1.44. The number of sulfonamides is 1. The number of primary sulfonamides is 1. The topological polar surface area (TPSA) is 101 Å². The van der Waals surface area contributed by atoms with E-state index in [1.165, 1.54) is 6.07 Å². The van der Waals surface area contributed by atoms with E-state index in [-0.39, 0.29) is 10.8 Å². The summed E-state index contributed by atoms with van der Waals surface area (Å²) in [6, 6.07) is 4.59. The Morgan fingerprint density at radius 1 is 1.32 bits per heavy atom. The van der Waals surface area contributed by atoms with Crippen LogP contribution in [0.25, 0.3) is 0 Å². The second-order valence-electron chi connectivity index (χ2n) is 4.85. The van der Waals surface area contributed by atoms with Gasteiger partial charge in [-0.3, -0.25) is 4.79 Å². The van der Waals surface area contributed by atoms with Gasteiger partial charge in [0.15, 0.2) is 0 Å². The molecule has 0 saturated heterocycles. The first-order valence-electron chi connectivity index (χ1n) is 5.72. The lowest BCUT2D eigenvalue weighted by atomic mass is 10.1. The molecule has 0 fully saturated rings. The van der Waals surface area contributed by atoms with Crippen LogP contribution in [0.4, 0.5) is 5.69 Å². The minimum atomic E-state index is -3.80. The highest BCUT2D eigenvalue weighted by Gasteiger charge is 2.25. The Bertz CT molecular complexity index is 594. The van der Waals surface area contributed by atoms with Gasteiger partial charge in [-0.25, -0.2) is 13.6 Å². The van der Waals surface area contributed by atoms with E-state index < -0.39 is 15.6 Å². The van der Waals surface area contributed by atoms with E-state index in [2.05, 4.69) is 10.6 Å². The number of anilines is 1. The molecule has 1 amide bonds. The number of amides is 1. The summed E-state index contributed by atoms with van der Waals surface area (Å²) in [7, 11) is -2.13. The van der Waals surface area contributed by atoms with Crippen molar-refractivity contribution in [3.63, 3.8) is 0 Å². The fourth-order valence-corrected chi connectivity index (χ4v) is 2.19.